The summed E-state index contributed by atoms with van der Waals surface area (Å²) in [7, 11) is 0. The molecule has 7 nitrogen and oxygen atoms in total. The zero-order valence-electron chi connectivity index (χ0n) is 23.0. The molecule has 0 aliphatic heterocycles. The fourth-order valence-corrected chi connectivity index (χ4v) is 5.73. The predicted octanol–water partition coefficient (Wildman–Crippen LogP) is 5.83. The van der Waals surface area contributed by atoms with Gasteiger partial charge in [-0.15, -0.1) is 0 Å². The van der Waals surface area contributed by atoms with Crippen molar-refractivity contribution in [3.8, 4) is 0 Å². The highest BCUT2D eigenvalue weighted by molar-refractivity contribution is 6.13. The summed E-state index contributed by atoms with van der Waals surface area (Å²) in [5.74, 6) is -1.96. The summed E-state index contributed by atoms with van der Waals surface area (Å²) in [6, 6.07) is 6.90. The average molecular weight is 510 g/mol. The summed E-state index contributed by atoms with van der Waals surface area (Å²) in [5.41, 5.74) is 15.8. The molecule has 0 bridgehead atoms. The van der Waals surface area contributed by atoms with Crippen molar-refractivity contribution < 1.29 is 19.8 Å². The zero-order chi connectivity index (χ0) is 27.5. The van der Waals surface area contributed by atoms with Crippen LogP contribution >= 0.6 is 0 Å². The third kappa shape index (κ3) is 6.16. The molecule has 0 saturated carbocycles. The largest absolute Gasteiger partial charge is 0.478 e. The number of aromatic carboxylic acids is 2. The Kier molecular flexibility index (Phi) is 8.70. The first-order valence-electron chi connectivity index (χ1n) is 13.3. The maximum atomic E-state index is 12.7. The van der Waals surface area contributed by atoms with Crippen LogP contribution in [0, 0.1) is 10.8 Å². The van der Waals surface area contributed by atoms with Crippen LogP contribution in [0.25, 0.3) is 21.8 Å². The Morgan fingerprint density at radius 1 is 0.838 bits per heavy atom. The summed E-state index contributed by atoms with van der Waals surface area (Å²) >= 11 is 0. The van der Waals surface area contributed by atoms with E-state index in [1.165, 1.54) is 0 Å². The lowest BCUT2D eigenvalue weighted by molar-refractivity contribution is 0.0685. The molecule has 0 saturated heterocycles. The predicted molar refractivity (Wildman–Crippen MR) is 151 cm³/mol. The van der Waals surface area contributed by atoms with Crippen molar-refractivity contribution in [2.24, 2.45) is 22.3 Å². The lowest BCUT2D eigenvalue weighted by Crippen LogP contribution is -2.23. The summed E-state index contributed by atoms with van der Waals surface area (Å²) in [6.07, 6.45) is 4.92. The first-order chi connectivity index (χ1) is 17.4. The molecule has 3 rings (SSSR count). The third-order valence-corrected chi connectivity index (χ3v) is 7.59. The second-order valence-electron chi connectivity index (χ2n) is 11.8. The van der Waals surface area contributed by atoms with E-state index in [2.05, 4.69) is 39.2 Å². The topological polar surface area (TPSA) is 132 Å². The van der Waals surface area contributed by atoms with Crippen molar-refractivity contribution in [1.82, 2.24) is 4.57 Å². The molecule has 37 heavy (non-hydrogen) atoms. The number of hydrogen-bond acceptors (Lipinski definition) is 4. The lowest BCUT2D eigenvalue weighted by Gasteiger charge is -2.31. The van der Waals surface area contributed by atoms with E-state index in [1.807, 2.05) is 6.07 Å². The summed E-state index contributed by atoms with van der Waals surface area (Å²) in [4.78, 5) is 24.5. The molecule has 0 amide bonds. The van der Waals surface area contributed by atoms with Gasteiger partial charge in [0.15, 0.2) is 0 Å². The van der Waals surface area contributed by atoms with E-state index in [1.54, 1.807) is 18.2 Å². The molecule has 0 radical (unpaired) electrons. The van der Waals surface area contributed by atoms with Gasteiger partial charge in [-0.05, 0) is 105 Å². The van der Waals surface area contributed by atoms with Crippen LogP contribution in [0.4, 0.5) is 0 Å². The van der Waals surface area contributed by atoms with Gasteiger partial charge in [0.2, 0.25) is 0 Å². The molecule has 7 heteroatoms. The van der Waals surface area contributed by atoms with Crippen LogP contribution in [0.5, 0.6) is 0 Å². The standard InChI is InChI=1S/C30H43N3O4/c1-6-33-25-10-9-19(27(34)35)15-20(25)21-16-22(28(36)37)23(17-29(2,3)11-7-13-31)24(26(21)33)18-30(4,5)12-8-14-32/h9-10,15-16H,6-8,11-14,17-18,31-32H2,1-5H3,(H,34,35)(H,36,37). The fraction of sp³-hybridized carbons (Fsp3) is 0.533. The number of rotatable bonds is 13. The molecule has 202 valence electrons. The van der Waals surface area contributed by atoms with E-state index in [0.717, 1.165) is 58.6 Å². The Bertz CT molecular complexity index is 1300. The average Bonchev–Trinajstić information content (AvgIpc) is 3.15. The summed E-state index contributed by atoms with van der Waals surface area (Å²) < 4.78 is 2.21. The lowest BCUT2D eigenvalue weighted by atomic mass is 9.74. The minimum Gasteiger partial charge on any atom is -0.478 e. The van der Waals surface area contributed by atoms with Gasteiger partial charge in [-0.1, -0.05) is 27.7 Å². The highest BCUT2D eigenvalue weighted by Gasteiger charge is 2.30. The Labute approximate surface area is 219 Å². The van der Waals surface area contributed by atoms with E-state index in [-0.39, 0.29) is 16.4 Å². The quantitative estimate of drug-likeness (QED) is 0.229. The molecule has 2 aromatic carbocycles. The molecule has 0 atom stereocenters. The Hall–Kier alpha value is -2.90. The number of carboxylic acid groups (broad SMARTS) is 2. The molecule has 0 aliphatic rings. The van der Waals surface area contributed by atoms with Crippen LogP contribution in [0.1, 0.15) is 92.1 Å². The van der Waals surface area contributed by atoms with E-state index in [9.17, 15) is 19.8 Å². The van der Waals surface area contributed by atoms with Crippen molar-refractivity contribution >= 4 is 33.7 Å². The molecule has 1 heterocycles. The van der Waals surface area contributed by atoms with Gasteiger partial charge < -0.3 is 26.2 Å². The third-order valence-electron chi connectivity index (χ3n) is 7.59. The van der Waals surface area contributed by atoms with Gasteiger partial charge >= 0.3 is 11.9 Å². The Morgan fingerprint density at radius 3 is 1.89 bits per heavy atom. The Balaban J connectivity index is 2.44. The fourth-order valence-electron chi connectivity index (χ4n) is 5.73. The molecule has 1 aromatic heterocycles. The summed E-state index contributed by atoms with van der Waals surface area (Å²) in [5, 5.41) is 21.6. The molecule has 0 aliphatic carbocycles. The van der Waals surface area contributed by atoms with E-state index in [0.29, 0.717) is 38.0 Å². The minimum atomic E-state index is -1.00. The van der Waals surface area contributed by atoms with Crippen molar-refractivity contribution in [1.29, 1.82) is 0 Å². The molecule has 3 aromatic rings. The number of hydrogen-bond donors (Lipinski definition) is 4. The van der Waals surface area contributed by atoms with Crippen molar-refractivity contribution in [2.75, 3.05) is 13.1 Å². The van der Waals surface area contributed by atoms with Crippen LogP contribution in [0.15, 0.2) is 24.3 Å². The maximum absolute atomic E-state index is 12.7. The maximum Gasteiger partial charge on any atom is 0.335 e. The highest BCUT2D eigenvalue weighted by Crippen LogP contribution is 2.41. The van der Waals surface area contributed by atoms with Crippen molar-refractivity contribution in [3.05, 3.63) is 46.5 Å². The van der Waals surface area contributed by atoms with Gasteiger partial charge in [-0.2, -0.15) is 0 Å². The Morgan fingerprint density at radius 2 is 1.41 bits per heavy atom. The second kappa shape index (κ2) is 11.2. The van der Waals surface area contributed by atoms with Gasteiger partial charge in [-0.25, -0.2) is 9.59 Å². The SMILES string of the molecule is CCn1c2ccc(C(=O)O)cc2c2cc(C(=O)O)c(CC(C)(C)CCCN)c(CC(C)(C)CCCN)c21. The first kappa shape index (κ1) is 28.7. The number of aromatic nitrogens is 1. The number of carbonyl (C=O) groups is 2. The molecular weight excluding hydrogens is 466 g/mol. The van der Waals surface area contributed by atoms with Gasteiger partial charge in [-0.3, -0.25) is 0 Å². The number of nitrogens with zero attached hydrogens (tertiary/aromatic N) is 1. The zero-order valence-corrected chi connectivity index (χ0v) is 23.0. The van der Waals surface area contributed by atoms with Crippen LogP contribution in [-0.2, 0) is 19.4 Å². The van der Waals surface area contributed by atoms with Crippen molar-refractivity contribution in [3.63, 3.8) is 0 Å². The second-order valence-corrected chi connectivity index (χ2v) is 11.8. The van der Waals surface area contributed by atoms with Gasteiger partial charge in [0.25, 0.3) is 0 Å². The van der Waals surface area contributed by atoms with E-state index < -0.39 is 11.9 Å². The van der Waals surface area contributed by atoms with E-state index >= 15 is 0 Å². The van der Waals surface area contributed by atoms with Gasteiger partial charge in [0.1, 0.15) is 0 Å². The van der Waals surface area contributed by atoms with Crippen LogP contribution in [-0.4, -0.2) is 39.8 Å². The van der Waals surface area contributed by atoms with Crippen molar-refractivity contribution in [2.45, 2.75) is 79.7 Å². The smallest absolute Gasteiger partial charge is 0.335 e. The minimum absolute atomic E-state index is 0.0964. The number of aryl methyl sites for hydroxylation is 1. The summed E-state index contributed by atoms with van der Waals surface area (Å²) in [6.45, 7) is 12.8. The number of carboxylic acids is 2. The first-order valence-corrected chi connectivity index (χ1v) is 13.3. The molecule has 0 unspecified atom stereocenters. The van der Waals surface area contributed by atoms with Crippen LogP contribution < -0.4 is 11.5 Å². The molecule has 0 spiro atoms. The van der Waals surface area contributed by atoms with Crippen LogP contribution in [0.2, 0.25) is 0 Å². The molecule has 6 N–H and O–H groups in total. The van der Waals surface area contributed by atoms with Gasteiger partial charge in [0, 0.05) is 22.8 Å². The molecular formula is C30H43N3O4. The van der Waals surface area contributed by atoms with E-state index in [4.69, 9.17) is 11.5 Å². The van der Waals surface area contributed by atoms with Crippen LogP contribution in [0.3, 0.4) is 0 Å². The monoisotopic (exact) mass is 509 g/mol. The number of nitrogens with two attached hydrogens (primary N) is 2. The molecule has 0 fully saturated rings. The van der Waals surface area contributed by atoms with Gasteiger partial charge in [0.05, 0.1) is 16.6 Å². The normalized spacial score (nSPS) is 12.5. The number of benzene rings is 2. The highest BCUT2D eigenvalue weighted by atomic mass is 16.4. The number of fused-ring (bicyclic) bond motifs is 3.